The van der Waals surface area contributed by atoms with Gasteiger partial charge >= 0.3 is 11.9 Å². The van der Waals surface area contributed by atoms with E-state index in [9.17, 15) is 19.2 Å². The topological polar surface area (TPSA) is 111 Å². The molecule has 0 saturated carbocycles. The van der Waals surface area contributed by atoms with Crippen LogP contribution in [0.25, 0.3) is 0 Å². The van der Waals surface area contributed by atoms with E-state index in [1.807, 2.05) is 30.3 Å². The highest BCUT2D eigenvalue weighted by Gasteiger charge is 2.27. The monoisotopic (exact) mass is 364 g/mol. The summed E-state index contributed by atoms with van der Waals surface area (Å²) in [7, 11) is 2.43. The third-order valence-electron chi connectivity index (χ3n) is 3.64. The lowest BCUT2D eigenvalue weighted by atomic mass is 10.0. The van der Waals surface area contributed by atoms with E-state index in [-0.39, 0.29) is 25.2 Å². The average molecular weight is 364 g/mol. The number of nitrogens with one attached hydrogen (secondary N) is 2. The Morgan fingerprint density at radius 1 is 0.962 bits per heavy atom. The van der Waals surface area contributed by atoms with Crippen molar-refractivity contribution in [2.75, 3.05) is 14.2 Å². The number of carbonyl (C=O) groups excluding carboxylic acids is 4. The van der Waals surface area contributed by atoms with Crippen LogP contribution in [0.3, 0.4) is 0 Å². The van der Waals surface area contributed by atoms with Gasteiger partial charge in [-0.2, -0.15) is 0 Å². The molecule has 1 aromatic carbocycles. The fraction of sp³-hybridized carbons (Fsp3) is 0.444. The molecule has 0 fully saturated rings. The van der Waals surface area contributed by atoms with Crippen LogP contribution in [-0.4, -0.2) is 50.1 Å². The molecular formula is C18H24N2O6. The van der Waals surface area contributed by atoms with Crippen LogP contribution in [0.1, 0.15) is 25.3 Å². The smallest absolute Gasteiger partial charge is 0.328 e. The summed E-state index contributed by atoms with van der Waals surface area (Å²) in [5, 5.41) is 5.11. The molecule has 2 atom stereocenters. The van der Waals surface area contributed by atoms with E-state index in [1.165, 1.54) is 21.1 Å². The average Bonchev–Trinajstić information content (AvgIpc) is 2.63. The molecule has 0 spiro atoms. The van der Waals surface area contributed by atoms with Gasteiger partial charge < -0.3 is 20.1 Å². The normalized spacial score (nSPS) is 12.4. The third kappa shape index (κ3) is 7.33. The summed E-state index contributed by atoms with van der Waals surface area (Å²) < 4.78 is 9.20. The van der Waals surface area contributed by atoms with Gasteiger partial charge in [0, 0.05) is 19.8 Å². The van der Waals surface area contributed by atoms with Gasteiger partial charge in [-0.05, 0) is 12.0 Å². The maximum atomic E-state index is 12.6. The minimum atomic E-state index is -1.02. The van der Waals surface area contributed by atoms with Crippen LogP contribution in [0.5, 0.6) is 0 Å². The predicted octanol–water partition coefficient (Wildman–Crippen LogP) is 0.345. The minimum Gasteiger partial charge on any atom is -0.469 e. The lowest BCUT2D eigenvalue weighted by molar-refractivity contribution is -0.146. The highest BCUT2D eigenvalue weighted by molar-refractivity contribution is 5.90. The third-order valence-corrected chi connectivity index (χ3v) is 3.64. The van der Waals surface area contributed by atoms with Crippen LogP contribution in [0.4, 0.5) is 0 Å². The van der Waals surface area contributed by atoms with Gasteiger partial charge in [0.25, 0.3) is 0 Å². The maximum Gasteiger partial charge on any atom is 0.328 e. The van der Waals surface area contributed by atoms with Gasteiger partial charge in [-0.1, -0.05) is 30.3 Å². The first-order valence-electron chi connectivity index (χ1n) is 8.13. The van der Waals surface area contributed by atoms with Gasteiger partial charge in [-0.25, -0.2) is 4.79 Å². The molecule has 26 heavy (non-hydrogen) atoms. The molecule has 1 rings (SSSR count). The highest BCUT2D eigenvalue weighted by atomic mass is 16.5. The lowest BCUT2D eigenvalue weighted by Crippen LogP contribution is -2.52. The summed E-state index contributed by atoms with van der Waals surface area (Å²) in [6, 6.07) is 7.28. The van der Waals surface area contributed by atoms with E-state index >= 15 is 0 Å². The maximum absolute atomic E-state index is 12.6. The number of hydrogen-bond donors (Lipinski definition) is 2. The van der Waals surface area contributed by atoms with Gasteiger partial charge in [0.1, 0.15) is 12.1 Å². The largest absolute Gasteiger partial charge is 0.469 e. The van der Waals surface area contributed by atoms with Crippen molar-refractivity contribution in [3.8, 4) is 0 Å². The Bertz CT molecular complexity index is 632. The van der Waals surface area contributed by atoms with E-state index < -0.39 is 29.9 Å². The number of ether oxygens (including phenoxy) is 2. The number of amides is 2. The summed E-state index contributed by atoms with van der Waals surface area (Å²) in [5.41, 5.74) is 0.852. The number of methoxy groups -OCH3 is 2. The molecule has 2 amide bonds. The van der Waals surface area contributed by atoms with Gasteiger partial charge in [0.2, 0.25) is 11.8 Å². The van der Waals surface area contributed by atoms with Crippen LogP contribution in [0.2, 0.25) is 0 Å². The summed E-state index contributed by atoms with van der Waals surface area (Å²) in [4.78, 5) is 47.2. The Balaban J connectivity index is 2.83. The van der Waals surface area contributed by atoms with Crippen molar-refractivity contribution in [2.45, 2.75) is 38.3 Å². The molecule has 142 valence electrons. The van der Waals surface area contributed by atoms with Crippen molar-refractivity contribution in [3.05, 3.63) is 35.9 Å². The van der Waals surface area contributed by atoms with Crippen molar-refractivity contribution in [2.24, 2.45) is 0 Å². The second kappa shape index (κ2) is 10.9. The molecule has 0 heterocycles. The fourth-order valence-corrected chi connectivity index (χ4v) is 2.33. The summed E-state index contributed by atoms with van der Waals surface area (Å²) in [6.45, 7) is 1.31. The Labute approximate surface area is 152 Å². The number of rotatable bonds is 9. The molecule has 0 unspecified atom stereocenters. The van der Waals surface area contributed by atoms with Crippen LogP contribution in [-0.2, 0) is 35.1 Å². The van der Waals surface area contributed by atoms with Gasteiger partial charge in [-0.15, -0.1) is 0 Å². The molecule has 0 radical (unpaired) electrons. The standard InChI is InChI=1S/C18H24N2O6/c1-12(21)19-15(11-13-7-5-4-6-8-13)17(23)20-14(18(24)26-3)9-10-16(22)25-2/h4-8,14-15H,9-11H2,1-3H3,(H,19,21)(H,20,23)/t14-,15+/m0/s1. The van der Waals surface area contributed by atoms with Crippen LogP contribution >= 0.6 is 0 Å². The van der Waals surface area contributed by atoms with Crippen molar-refractivity contribution in [1.29, 1.82) is 0 Å². The zero-order chi connectivity index (χ0) is 19.5. The zero-order valence-electron chi connectivity index (χ0n) is 15.1. The molecule has 0 aliphatic carbocycles. The quantitative estimate of drug-likeness (QED) is 0.612. The van der Waals surface area contributed by atoms with E-state index in [1.54, 1.807) is 0 Å². The van der Waals surface area contributed by atoms with Crippen LogP contribution < -0.4 is 10.6 Å². The Kier molecular flexibility index (Phi) is 8.83. The molecule has 2 N–H and O–H groups in total. The predicted molar refractivity (Wildman–Crippen MR) is 92.9 cm³/mol. The Morgan fingerprint density at radius 3 is 2.15 bits per heavy atom. The van der Waals surface area contributed by atoms with Crippen LogP contribution in [0, 0.1) is 0 Å². The molecular weight excluding hydrogens is 340 g/mol. The first kappa shape index (κ1) is 21.1. The van der Waals surface area contributed by atoms with Crippen molar-refractivity contribution < 1.29 is 28.7 Å². The number of esters is 2. The van der Waals surface area contributed by atoms with Crippen molar-refractivity contribution in [1.82, 2.24) is 10.6 Å². The molecule has 1 aromatic rings. The Hall–Kier alpha value is -2.90. The van der Waals surface area contributed by atoms with Crippen LogP contribution in [0.15, 0.2) is 30.3 Å². The number of hydrogen-bond acceptors (Lipinski definition) is 6. The lowest BCUT2D eigenvalue weighted by Gasteiger charge is -2.21. The summed E-state index contributed by atoms with van der Waals surface area (Å²) in [5.74, 6) is -2.09. The summed E-state index contributed by atoms with van der Waals surface area (Å²) >= 11 is 0. The Morgan fingerprint density at radius 2 is 1.62 bits per heavy atom. The minimum absolute atomic E-state index is 0.0310. The SMILES string of the molecule is COC(=O)CC[C@H](NC(=O)[C@@H](Cc1ccccc1)NC(C)=O)C(=O)OC. The molecule has 0 saturated heterocycles. The van der Waals surface area contributed by atoms with Crippen molar-refractivity contribution in [3.63, 3.8) is 0 Å². The van der Waals surface area contributed by atoms with E-state index in [0.29, 0.717) is 0 Å². The van der Waals surface area contributed by atoms with Crippen molar-refractivity contribution >= 4 is 23.8 Å². The molecule has 0 aliphatic heterocycles. The van der Waals surface area contributed by atoms with Gasteiger partial charge in [-0.3, -0.25) is 14.4 Å². The zero-order valence-corrected chi connectivity index (χ0v) is 15.1. The number of carbonyl (C=O) groups is 4. The second-order valence-corrected chi connectivity index (χ2v) is 5.64. The second-order valence-electron chi connectivity index (χ2n) is 5.64. The molecule has 0 aromatic heterocycles. The highest BCUT2D eigenvalue weighted by Crippen LogP contribution is 2.06. The number of benzene rings is 1. The first-order chi connectivity index (χ1) is 12.4. The fourth-order valence-electron chi connectivity index (χ4n) is 2.33. The molecule has 8 heteroatoms. The molecule has 8 nitrogen and oxygen atoms in total. The van der Waals surface area contributed by atoms with Gasteiger partial charge in [0.05, 0.1) is 14.2 Å². The summed E-state index contributed by atoms with van der Waals surface area (Å²) in [6.07, 6.45) is 0.237. The van der Waals surface area contributed by atoms with Gasteiger partial charge in [0.15, 0.2) is 0 Å². The molecule has 0 bridgehead atoms. The van der Waals surface area contributed by atoms with E-state index in [0.717, 1.165) is 5.56 Å². The first-order valence-corrected chi connectivity index (χ1v) is 8.13. The van der Waals surface area contributed by atoms with E-state index in [2.05, 4.69) is 20.1 Å². The molecule has 0 aliphatic rings. The van der Waals surface area contributed by atoms with E-state index in [4.69, 9.17) is 0 Å².